The van der Waals surface area contributed by atoms with E-state index in [-0.39, 0.29) is 11.8 Å². The van der Waals surface area contributed by atoms with Crippen molar-refractivity contribution in [1.29, 1.82) is 0 Å². The topological polar surface area (TPSA) is 89.7 Å². The van der Waals surface area contributed by atoms with Gasteiger partial charge in [-0.25, -0.2) is 0 Å². The Labute approximate surface area is 231 Å². The highest BCUT2D eigenvalue weighted by Gasteiger charge is 2.28. The van der Waals surface area contributed by atoms with Gasteiger partial charge in [-0.3, -0.25) is 19.4 Å². The van der Waals surface area contributed by atoms with Crippen molar-refractivity contribution in [1.82, 2.24) is 25.4 Å². The zero-order valence-electron chi connectivity index (χ0n) is 23.0. The summed E-state index contributed by atoms with van der Waals surface area (Å²) < 4.78 is 5.43. The molecule has 5 rings (SSSR count). The van der Waals surface area contributed by atoms with Crippen molar-refractivity contribution < 1.29 is 14.3 Å². The summed E-state index contributed by atoms with van der Waals surface area (Å²) in [6.45, 7) is 4.43. The summed E-state index contributed by atoms with van der Waals surface area (Å²) in [7, 11) is 1.62. The van der Waals surface area contributed by atoms with Crippen LogP contribution in [0, 0.1) is 0 Å². The molecule has 8 nitrogen and oxygen atoms in total. The molecule has 8 heteroatoms. The molecule has 1 unspecified atom stereocenters. The first-order valence-corrected chi connectivity index (χ1v) is 14.3. The van der Waals surface area contributed by atoms with Crippen molar-refractivity contribution in [3.05, 3.63) is 65.9 Å². The Morgan fingerprint density at radius 2 is 1.72 bits per heavy atom. The van der Waals surface area contributed by atoms with Crippen LogP contribution in [0.5, 0.6) is 5.75 Å². The number of fused-ring (bicyclic) bond motifs is 1. The van der Waals surface area contributed by atoms with Gasteiger partial charge in [-0.15, -0.1) is 0 Å². The van der Waals surface area contributed by atoms with Gasteiger partial charge in [0.25, 0.3) is 0 Å². The van der Waals surface area contributed by atoms with Crippen LogP contribution in [0.2, 0.25) is 0 Å². The van der Waals surface area contributed by atoms with E-state index in [4.69, 9.17) is 4.74 Å². The molecule has 0 bridgehead atoms. The summed E-state index contributed by atoms with van der Waals surface area (Å²) in [5, 5.41) is 7.14. The average molecular weight is 532 g/mol. The van der Waals surface area contributed by atoms with E-state index in [1.165, 1.54) is 32.1 Å². The number of methoxy groups -OCH3 is 1. The van der Waals surface area contributed by atoms with Gasteiger partial charge in [-0.1, -0.05) is 55.7 Å². The molecule has 1 saturated heterocycles. The predicted octanol–water partition coefficient (Wildman–Crippen LogP) is 3.47. The number of aromatic nitrogens is 1. The molecule has 2 heterocycles. The number of hydrogen-bond acceptors (Lipinski definition) is 5. The number of piperazine rings is 1. The van der Waals surface area contributed by atoms with E-state index in [0.29, 0.717) is 25.6 Å². The highest BCUT2D eigenvalue weighted by Crippen LogP contribution is 2.24. The lowest BCUT2D eigenvalue weighted by molar-refractivity contribution is -0.129. The van der Waals surface area contributed by atoms with Gasteiger partial charge >= 0.3 is 0 Å². The molecule has 3 aromatic rings. The van der Waals surface area contributed by atoms with E-state index < -0.39 is 6.04 Å². The third kappa shape index (κ3) is 6.99. The van der Waals surface area contributed by atoms with Crippen LogP contribution in [0.1, 0.15) is 43.2 Å². The largest absolute Gasteiger partial charge is 0.496 e. The molecule has 1 aliphatic heterocycles. The smallest absolute Gasteiger partial charge is 0.243 e. The molecule has 2 fully saturated rings. The second-order valence-electron chi connectivity index (χ2n) is 10.8. The fourth-order valence-corrected chi connectivity index (χ4v) is 6.06. The summed E-state index contributed by atoms with van der Waals surface area (Å²) in [4.78, 5) is 34.7. The summed E-state index contributed by atoms with van der Waals surface area (Å²) in [6.07, 6.45) is 8.99. The number of nitrogens with zero attached hydrogens (tertiary/aromatic N) is 2. The van der Waals surface area contributed by atoms with Gasteiger partial charge in [0.05, 0.1) is 13.7 Å². The van der Waals surface area contributed by atoms with Gasteiger partial charge in [0.2, 0.25) is 11.8 Å². The zero-order chi connectivity index (χ0) is 27.0. The highest BCUT2D eigenvalue weighted by molar-refractivity contribution is 5.90. The Morgan fingerprint density at radius 3 is 2.51 bits per heavy atom. The zero-order valence-corrected chi connectivity index (χ0v) is 23.0. The number of ether oxygens (including phenoxy) is 1. The molecular formula is C31H41N5O3. The van der Waals surface area contributed by atoms with Gasteiger partial charge in [-0.2, -0.15) is 0 Å². The first-order valence-electron chi connectivity index (χ1n) is 14.3. The summed E-state index contributed by atoms with van der Waals surface area (Å²) >= 11 is 0. The minimum absolute atomic E-state index is 0.113. The summed E-state index contributed by atoms with van der Waals surface area (Å²) in [6, 6.07) is 15.7. The number of H-pyrrole nitrogens is 1. The standard InChI is InChI=1S/C31H41N5O3/c1-39-29-14-8-5-9-23(29)20-33-31(38)28(19-24-21-32-27-13-7-6-12-26(24)27)34-30(37)22-35-15-17-36(18-16-35)25-10-3-2-4-11-25/h5-9,12-14,21,25,28,32H,2-4,10-11,15-20,22H2,1H3,(H,33,38)(H,34,37). The number of aromatic amines is 1. The van der Waals surface area contributed by atoms with Crippen LogP contribution < -0.4 is 15.4 Å². The first kappa shape index (κ1) is 27.2. The van der Waals surface area contributed by atoms with Crippen LogP contribution >= 0.6 is 0 Å². The Kier molecular flexibility index (Phi) is 9.16. The minimum atomic E-state index is -0.685. The Balaban J connectivity index is 1.21. The van der Waals surface area contributed by atoms with Crippen LogP contribution in [-0.2, 0) is 22.6 Å². The fourth-order valence-electron chi connectivity index (χ4n) is 6.06. The van der Waals surface area contributed by atoms with Crippen LogP contribution in [0.15, 0.2) is 54.7 Å². The van der Waals surface area contributed by atoms with Crippen molar-refractivity contribution in [2.24, 2.45) is 0 Å². The summed E-state index contributed by atoms with van der Waals surface area (Å²) in [5.41, 5.74) is 2.91. The minimum Gasteiger partial charge on any atom is -0.496 e. The van der Waals surface area contributed by atoms with Gasteiger partial charge < -0.3 is 20.4 Å². The first-order chi connectivity index (χ1) is 19.1. The maximum atomic E-state index is 13.4. The second-order valence-corrected chi connectivity index (χ2v) is 10.8. The lowest BCUT2D eigenvalue weighted by atomic mass is 9.94. The SMILES string of the molecule is COc1ccccc1CNC(=O)C(Cc1c[nH]c2ccccc12)NC(=O)CN1CCN(C2CCCCC2)CC1. The van der Waals surface area contributed by atoms with E-state index >= 15 is 0 Å². The number of rotatable bonds is 10. The maximum Gasteiger partial charge on any atom is 0.243 e. The lowest BCUT2D eigenvalue weighted by Crippen LogP contribution is -2.54. The van der Waals surface area contributed by atoms with Gasteiger partial charge in [0.1, 0.15) is 11.8 Å². The number of para-hydroxylation sites is 2. The molecule has 3 N–H and O–H groups in total. The van der Waals surface area contributed by atoms with Crippen LogP contribution in [0.4, 0.5) is 0 Å². The normalized spacial score (nSPS) is 18.1. The number of nitrogens with one attached hydrogen (secondary N) is 3. The third-order valence-corrected chi connectivity index (χ3v) is 8.26. The molecule has 1 aromatic heterocycles. The molecule has 208 valence electrons. The number of carbonyl (C=O) groups is 2. The van der Waals surface area contributed by atoms with E-state index in [1.54, 1.807) is 7.11 Å². The average Bonchev–Trinajstić information content (AvgIpc) is 3.39. The molecule has 1 saturated carbocycles. The van der Waals surface area contributed by atoms with Crippen molar-refractivity contribution >= 4 is 22.7 Å². The number of benzene rings is 2. The number of carbonyl (C=O) groups excluding carboxylic acids is 2. The molecule has 1 aliphatic carbocycles. The monoisotopic (exact) mass is 531 g/mol. The Bertz CT molecular complexity index is 1240. The molecule has 39 heavy (non-hydrogen) atoms. The molecule has 2 amide bonds. The van der Waals surface area contributed by atoms with Crippen molar-refractivity contribution in [2.75, 3.05) is 39.8 Å². The maximum absolute atomic E-state index is 13.4. The number of amides is 2. The van der Waals surface area contributed by atoms with Crippen molar-refractivity contribution in [3.8, 4) is 5.75 Å². The number of hydrogen-bond donors (Lipinski definition) is 3. The molecule has 2 aliphatic rings. The second kappa shape index (κ2) is 13.1. The predicted molar refractivity (Wildman–Crippen MR) is 154 cm³/mol. The quantitative estimate of drug-likeness (QED) is 0.373. The molecule has 0 spiro atoms. The molecule has 0 radical (unpaired) electrons. The molecule has 2 aromatic carbocycles. The van der Waals surface area contributed by atoms with Crippen LogP contribution in [-0.4, -0.2) is 78.5 Å². The lowest BCUT2D eigenvalue weighted by Gasteiger charge is -2.40. The van der Waals surface area contributed by atoms with Crippen LogP contribution in [0.3, 0.4) is 0 Å². The van der Waals surface area contributed by atoms with E-state index in [2.05, 4.69) is 25.4 Å². The molecule has 1 atom stereocenters. The van der Waals surface area contributed by atoms with Crippen LogP contribution in [0.25, 0.3) is 10.9 Å². The van der Waals surface area contributed by atoms with Gasteiger partial charge in [0, 0.05) is 67.8 Å². The van der Waals surface area contributed by atoms with Crippen molar-refractivity contribution in [2.45, 2.75) is 57.2 Å². The molecular weight excluding hydrogens is 490 g/mol. The van der Waals surface area contributed by atoms with E-state index in [1.807, 2.05) is 54.7 Å². The van der Waals surface area contributed by atoms with E-state index in [0.717, 1.165) is 54.0 Å². The van der Waals surface area contributed by atoms with Crippen molar-refractivity contribution in [3.63, 3.8) is 0 Å². The van der Waals surface area contributed by atoms with Gasteiger partial charge in [-0.05, 0) is 30.5 Å². The Hall–Kier alpha value is -3.36. The van der Waals surface area contributed by atoms with Gasteiger partial charge in [0.15, 0.2) is 0 Å². The summed E-state index contributed by atoms with van der Waals surface area (Å²) in [5.74, 6) is 0.405. The highest BCUT2D eigenvalue weighted by atomic mass is 16.5. The Morgan fingerprint density at radius 1 is 0.974 bits per heavy atom. The third-order valence-electron chi connectivity index (χ3n) is 8.26. The fraction of sp³-hybridized carbons (Fsp3) is 0.484. The van der Waals surface area contributed by atoms with E-state index in [9.17, 15) is 9.59 Å².